The van der Waals surface area contributed by atoms with Crippen LogP contribution in [-0.2, 0) is 9.47 Å². The van der Waals surface area contributed by atoms with E-state index in [1.165, 1.54) is 51.2 Å². The molecular formula is C19H26O3. The molecule has 1 aromatic carbocycles. The Kier molecular flexibility index (Phi) is 4.82. The predicted molar refractivity (Wildman–Crippen MR) is 86.0 cm³/mol. The van der Waals surface area contributed by atoms with Crippen molar-refractivity contribution in [2.75, 3.05) is 14.2 Å². The van der Waals surface area contributed by atoms with E-state index >= 15 is 0 Å². The molecule has 120 valence electrons. The highest BCUT2D eigenvalue weighted by atomic mass is 16.5. The molecule has 4 unspecified atom stereocenters. The van der Waals surface area contributed by atoms with E-state index in [4.69, 9.17) is 9.47 Å². The molecule has 0 radical (unpaired) electrons. The third-order valence-electron chi connectivity index (χ3n) is 5.70. The number of rotatable bonds is 3. The number of hydrogen-bond acceptors (Lipinski definition) is 3. The van der Waals surface area contributed by atoms with Crippen molar-refractivity contribution in [3.05, 3.63) is 35.4 Å². The molecule has 2 fully saturated rings. The minimum atomic E-state index is -0.256. The Labute approximate surface area is 133 Å². The van der Waals surface area contributed by atoms with Crippen molar-refractivity contribution < 1.29 is 14.3 Å². The molecule has 4 atom stereocenters. The summed E-state index contributed by atoms with van der Waals surface area (Å²) in [4.78, 5) is 11.5. The molecule has 0 bridgehead atoms. The summed E-state index contributed by atoms with van der Waals surface area (Å²) in [6.07, 6.45) is 8.11. The number of carbonyl (C=O) groups excluding carboxylic acids is 1. The highest BCUT2D eigenvalue weighted by Crippen LogP contribution is 2.46. The van der Waals surface area contributed by atoms with Gasteiger partial charge in [0.2, 0.25) is 0 Å². The molecule has 22 heavy (non-hydrogen) atoms. The zero-order chi connectivity index (χ0) is 15.5. The SMILES string of the molecule is COC(=O)c1ccc(C2CCC3CC(OC)CCC3C2)cc1. The molecule has 0 spiro atoms. The van der Waals surface area contributed by atoms with Crippen LogP contribution in [-0.4, -0.2) is 26.3 Å². The molecule has 2 aliphatic rings. The normalized spacial score (nSPS) is 31.4. The average Bonchev–Trinajstić information content (AvgIpc) is 2.60. The van der Waals surface area contributed by atoms with Crippen LogP contribution in [0.4, 0.5) is 0 Å². The molecule has 0 N–H and O–H groups in total. The van der Waals surface area contributed by atoms with Gasteiger partial charge < -0.3 is 9.47 Å². The van der Waals surface area contributed by atoms with Crippen molar-refractivity contribution in [1.82, 2.24) is 0 Å². The zero-order valence-corrected chi connectivity index (χ0v) is 13.6. The third kappa shape index (κ3) is 3.19. The number of ether oxygens (including phenoxy) is 2. The first-order chi connectivity index (χ1) is 10.7. The fourth-order valence-corrected chi connectivity index (χ4v) is 4.37. The molecule has 0 aliphatic heterocycles. The predicted octanol–water partition coefficient (Wildman–Crippen LogP) is 4.17. The van der Waals surface area contributed by atoms with Gasteiger partial charge >= 0.3 is 5.97 Å². The van der Waals surface area contributed by atoms with Crippen LogP contribution in [0, 0.1) is 11.8 Å². The molecule has 0 aromatic heterocycles. The minimum Gasteiger partial charge on any atom is -0.465 e. The Morgan fingerprint density at radius 2 is 1.64 bits per heavy atom. The smallest absolute Gasteiger partial charge is 0.337 e. The summed E-state index contributed by atoms with van der Waals surface area (Å²) >= 11 is 0. The summed E-state index contributed by atoms with van der Waals surface area (Å²) < 4.78 is 10.3. The highest BCUT2D eigenvalue weighted by molar-refractivity contribution is 5.89. The Morgan fingerprint density at radius 3 is 2.32 bits per heavy atom. The van der Waals surface area contributed by atoms with E-state index in [1.54, 1.807) is 0 Å². The largest absolute Gasteiger partial charge is 0.465 e. The van der Waals surface area contributed by atoms with Gasteiger partial charge in [-0.05, 0) is 74.0 Å². The number of benzene rings is 1. The first-order valence-electron chi connectivity index (χ1n) is 8.42. The molecule has 3 nitrogen and oxygen atoms in total. The summed E-state index contributed by atoms with van der Waals surface area (Å²) in [6, 6.07) is 8.01. The second-order valence-corrected chi connectivity index (χ2v) is 6.81. The van der Waals surface area contributed by atoms with E-state index < -0.39 is 0 Å². The third-order valence-corrected chi connectivity index (χ3v) is 5.70. The monoisotopic (exact) mass is 302 g/mol. The van der Waals surface area contributed by atoms with E-state index in [2.05, 4.69) is 12.1 Å². The molecule has 0 saturated heterocycles. The van der Waals surface area contributed by atoms with Crippen molar-refractivity contribution >= 4 is 5.97 Å². The van der Waals surface area contributed by atoms with E-state index in [0.717, 1.165) is 11.8 Å². The van der Waals surface area contributed by atoms with Gasteiger partial charge in [-0.3, -0.25) is 0 Å². The number of hydrogen-bond donors (Lipinski definition) is 0. The van der Waals surface area contributed by atoms with Crippen LogP contribution < -0.4 is 0 Å². The molecule has 2 aliphatic carbocycles. The van der Waals surface area contributed by atoms with Gasteiger partial charge in [0.25, 0.3) is 0 Å². The van der Waals surface area contributed by atoms with Gasteiger partial charge in [0.05, 0.1) is 18.8 Å². The lowest BCUT2D eigenvalue weighted by atomic mass is 9.65. The second kappa shape index (κ2) is 6.82. The highest BCUT2D eigenvalue weighted by Gasteiger charge is 2.35. The van der Waals surface area contributed by atoms with Crippen molar-refractivity contribution in [2.45, 2.75) is 50.5 Å². The number of esters is 1. The van der Waals surface area contributed by atoms with Gasteiger partial charge in [-0.2, -0.15) is 0 Å². The lowest BCUT2D eigenvalue weighted by Gasteiger charge is -2.42. The Balaban J connectivity index is 1.64. The molecule has 3 rings (SSSR count). The van der Waals surface area contributed by atoms with Gasteiger partial charge in [-0.25, -0.2) is 4.79 Å². The van der Waals surface area contributed by atoms with Crippen molar-refractivity contribution in [1.29, 1.82) is 0 Å². The molecule has 3 heteroatoms. The maximum Gasteiger partial charge on any atom is 0.337 e. The molecule has 0 amide bonds. The standard InChI is InChI=1S/C19H26O3/c1-21-18-10-9-16-11-15(7-8-17(16)12-18)13-3-5-14(6-4-13)19(20)22-2/h3-6,15-18H,7-12H2,1-2H3. The zero-order valence-electron chi connectivity index (χ0n) is 13.6. The van der Waals surface area contributed by atoms with Crippen molar-refractivity contribution in [3.63, 3.8) is 0 Å². The van der Waals surface area contributed by atoms with Gasteiger partial charge in [0.1, 0.15) is 0 Å². The van der Waals surface area contributed by atoms with Crippen molar-refractivity contribution in [2.24, 2.45) is 11.8 Å². The van der Waals surface area contributed by atoms with E-state index in [9.17, 15) is 4.79 Å². The molecule has 1 aromatic rings. The van der Waals surface area contributed by atoms with Crippen LogP contribution in [0.2, 0.25) is 0 Å². The first-order valence-corrected chi connectivity index (χ1v) is 8.42. The van der Waals surface area contributed by atoms with Gasteiger partial charge in [0, 0.05) is 7.11 Å². The summed E-state index contributed by atoms with van der Waals surface area (Å²) in [5, 5.41) is 0. The number of carbonyl (C=O) groups is 1. The van der Waals surface area contributed by atoms with Gasteiger partial charge in [-0.1, -0.05) is 12.1 Å². The summed E-state index contributed by atoms with van der Waals surface area (Å²) in [5.41, 5.74) is 2.01. The summed E-state index contributed by atoms with van der Waals surface area (Å²) in [5.74, 6) is 2.09. The van der Waals surface area contributed by atoms with Crippen LogP contribution in [0.5, 0.6) is 0 Å². The summed E-state index contributed by atoms with van der Waals surface area (Å²) in [6.45, 7) is 0. The Hall–Kier alpha value is -1.35. The van der Waals surface area contributed by atoms with E-state index in [-0.39, 0.29) is 5.97 Å². The number of methoxy groups -OCH3 is 2. The van der Waals surface area contributed by atoms with Crippen LogP contribution in [0.1, 0.15) is 60.4 Å². The van der Waals surface area contributed by atoms with Gasteiger partial charge in [0.15, 0.2) is 0 Å². The first kappa shape index (κ1) is 15.5. The minimum absolute atomic E-state index is 0.256. The maximum absolute atomic E-state index is 11.5. The lowest BCUT2D eigenvalue weighted by Crippen LogP contribution is -2.33. The fraction of sp³-hybridized carbons (Fsp3) is 0.632. The van der Waals surface area contributed by atoms with Crippen LogP contribution in [0.3, 0.4) is 0 Å². The van der Waals surface area contributed by atoms with Gasteiger partial charge in [-0.15, -0.1) is 0 Å². The quantitative estimate of drug-likeness (QED) is 0.786. The molecule has 0 heterocycles. The van der Waals surface area contributed by atoms with E-state index in [1.807, 2.05) is 19.2 Å². The van der Waals surface area contributed by atoms with E-state index in [0.29, 0.717) is 17.6 Å². The van der Waals surface area contributed by atoms with Crippen molar-refractivity contribution in [3.8, 4) is 0 Å². The topological polar surface area (TPSA) is 35.5 Å². The lowest BCUT2D eigenvalue weighted by molar-refractivity contribution is 0.0123. The van der Waals surface area contributed by atoms with Crippen LogP contribution in [0.15, 0.2) is 24.3 Å². The average molecular weight is 302 g/mol. The second-order valence-electron chi connectivity index (χ2n) is 6.81. The maximum atomic E-state index is 11.5. The molecular weight excluding hydrogens is 276 g/mol. The Bertz CT molecular complexity index is 508. The molecule has 2 saturated carbocycles. The Morgan fingerprint density at radius 1 is 0.955 bits per heavy atom. The number of fused-ring (bicyclic) bond motifs is 1. The fourth-order valence-electron chi connectivity index (χ4n) is 4.37. The van der Waals surface area contributed by atoms with Crippen LogP contribution >= 0.6 is 0 Å². The summed E-state index contributed by atoms with van der Waals surface area (Å²) in [7, 11) is 3.27. The van der Waals surface area contributed by atoms with Crippen LogP contribution in [0.25, 0.3) is 0 Å².